The van der Waals surface area contributed by atoms with Crippen molar-refractivity contribution in [1.82, 2.24) is 9.62 Å². The largest absolute Gasteiger partial charge is 0.495 e. The van der Waals surface area contributed by atoms with Gasteiger partial charge in [0.1, 0.15) is 5.75 Å². The van der Waals surface area contributed by atoms with Crippen molar-refractivity contribution in [1.29, 1.82) is 0 Å². The molecule has 1 saturated heterocycles. The second-order valence-electron chi connectivity index (χ2n) is 9.03. The molecule has 1 N–H and O–H groups in total. The van der Waals surface area contributed by atoms with Gasteiger partial charge in [-0.3, -0.25) is 4.90 Å². The maximum Gasteiger partial charge on any atom is 0.240 e. The molecule has 0 aliphatic carbocycles. The first kappa shape index (κ1) is 23.6. The lowest BCUT2D eigenvalue weighted by Crippen LogP contribution is -2.47. The highest BCUT2D eigenvalue weighted by Crippen LogP contribution is 2.28. The van der Waals surface area contributed by atoms with E-state index in [2.05, 4.69) is 41.4 Å². The highest BCUT2D eigenvalue weighted by molar-refractivity contribution is 7.89. The SMILES string of the molecule is COc1ccccc1N1CCN(CCCNS(=O)(=O)c2ccc(C(C)(C)C)cc2)CC1. The van der Waals surface area contributed by atoms with Gasteiger partial charge in [0.05, 0.1) is 17.7 Å². The minimum atomic E-state index is -3.47. The molecule has 0 unspecified atom stereocenters. The van der Waals surface area contributed by atoms with Crippen molar-refractivity contribution in [3.63, 3.8) is 0 Å². The van der Waals surface area contributed by atoms with Crippen molar-refractivity contribution < 1.29 is 13.2 Å². The maximum absolute atomic E-state index is 12.6. The molecule has 7 heteroatoms. The van der Waals surface area contributed by atoms with E-state index >= 15 is 0 Å². The normalized spacial score (nSPS) is 15.8. The number of benzene rings is 2. The summed E-state index contributed by atoms with van der Waals surface area (Å²) >= 11 is 0. The molecule has 2 aromatic carbocycles. The van der Waals surface area contributed by atoms with Gasteiger partial charge in [-0.1, -0.05) is 45.0 Å². The maximum atomic E-state index is 12.6. The first-order chi connectivity index (χ1) is 14.7. The first-order valence-corrected chi connectivity index (χ1v) is 12.4. The van der Waals surface area contributed by atoms with Crippen molar-refractivity contribution in [2.45, 2.75) is 37.5 Å². The number of methoxy groups -OCH3 is 1. The molecule has 0 radical (unpaired) electrons. The second kappa shape index (κ2) is 10.0. The summed E-state index contributed by atoms with van der Waals surface area (Å²) in [5, 5.41) is 0. The van der Waals surface area contributed by atoms with Crippen LogP contribution in [0.15, 0.2) is 53.4 Å². The van der Waals surface area contributed by atoms with E-state index in [-0.39, 0.29) is 5.41 Å². The molecule has 1 fully saturated rings. The van der Waals surface area contributed by atoms with E-state index in [1.165, 1.54) is 0 Å². The van der Waals surface area contributed by atoms with Gasteiger partial charge in [0, 0.05) is 32.7 Å². The highest BCUT2D eigenvalue weighted by atomic mass is 32.2. The number of ether oxygens (including phenoxy) is 1. The number of rotatable bonds is 8. The van der Waals surface area contributed by atoms with Crippen molar-refractivity contribution in [3.05, 3.63) is 54.1 Å². The molecule has 31 heavy (non-hydrogen) atoms. The Labute approximate surface area is 187 Å². The fraction of sp³-hybridized carbons (Fsp3) is 0.500. The Morgan fingerprint density at radius 2 is 1.61 bits per heavy atom. The smallest absolute Gasteiger partial charge is 0.240 e. The number of nitrogens with one attached hydrogen (secondary N) is 1. The summed E-state index contributed by atoms with van der Waals surface area (Å²) in [6.45, 7) is 11.5. The molecular weight excluding hydrogens is 410 g/mol. The van der Waals surface area contributed by atoms with Crippen molar-refractivity contribution in [2.24, 2.45) is 0 Å². The lowest BCUT2D eigenvalue weighted by molar-refractivity contribution is 0.254. The van der Waals surface area contributed by atoms with Gasteiger partial charge >= 0.3 is 0 Å². The van der Waals surface area contributed by atoms with Crippen LogP contribution < -0.4 is 14.4 Å². The van der Waals surface area contributed by atoms with Crippen LogP contribution in [0.3, 0.4) is 0 Å². The molecule has 0 amide bonds. The monoisotopic (exact) mass is 445 g/mol. The zero-order valence-corrected chi connectivity index (χ0v) is 19.9. The second-order valence-corrected chi connectivity index (χ2v) is 10.8. The van der Waals surface area contributed by atoms with Gasteiger partial charge in [-0.05, 0) is 48.2 Å². The van der Waals surface area contributed by atoms with Crippen molar-refractivity contribution in [3.8, 4) is 5.75 Å². The standard InChI is InChI=1S/C24H35N3O3S/c1-24(2,3)20-10-12-21(13-11-20)31(28,29)25-14-7-15-26-16-18-27(19-17-26)22-8-5-6-9-23(22)30-4/h5-6,8-13,25H,7,14-19H2,1-4H3. The molecule has 3 rings (SSSR count). The number of piperazine rings is 1. The van der Waals surface area contributed by atoms with Crippen molar-refractivity contribution in [2.75, 3.05) is 51.3 Å². The third-order valence-electron chi connectivity index (χ3n) is 5.77. The minimum Gasteiger partial charge on any atom is -0.495 e. The summed E-state index contributed by atoms with van der Waals surface area (Å²) in [4.78, 5) is 5.06. The Morgan fingerprint density at radius 3 is 2.23 bits per heavy atom. The Hall–Kier alpha value is -2.09. The van der Waals surface area contributed by atoms with Gasteiger partial charge < -0.3 is 9.64 Å². The summed E-state index contributed by atoms with van der Waals surface area (Å²) in [5.74, 6) is 0.904. The zero-order valence-electron chi connectivity index (χ0n) is 19.1. The van der Waals surface area contributed by atoms with Gasteiger partial charge in [0.2, 0.25) is 10.0 Å². The number of hydrogen-bond acceptors (Lipinski definition) is 5. The molecular formula is C24H35N3O3S. The molecule has 1 aliphatic heterocycles. The number of hydrogen-bond donors (Lipinski definition) is 1. The lowest BCUT2D eigenvalue weighted by atomic mass is 9.87. The van der Waals surface area contributed by atoms with E-state index in [9.17, 15) is 8.42 Å². The van der Waals surface area contributed by atoms with Gasteiger partial charge in [0.15, 0.2) is 0 Å². The summed E-state index contributed by atoms with van der Waals surface area (Å²) in [7, 11) is -1.77. The topological polar surface area (TPSA) is 61.9 Å². The van der Waals surface area contributed by atoms with E-state index in [1.54, 1.807) is 19.2 Å². The van der Waals surface area contributed by atoms with Crippen LogP contribution in [0, 0.1) is 0 Å². The van der Waals surface area contributed by atoms with Gasteiger partial charge in [-0.2, -0.15) is 0 Å². The molecule has 0 aromatic heterocycles. The molecule has 0 atom stereocenters. The molecule has 6 nitrogen and oxygen atoms in total. The Bertz CT molecular complexity index is 945. The fourth-order valence-corrected chi connectivity index (χ4v) is 4.90. The summed E-state index contributed by atoms with van der Waals surface area (Å²) in [5.41, 5.74) is 2.26. The summed E-state index contributed by atoms with van der Waals surface area (Å²) in [6, 6.07) is 15.3. The lowest BCUT2D eigenvalue weighted by Gasteiger charge is -2.36. The number of anilines is 1. The van der Waals surface area contributed by atoms with Crippen LogP contribution in [-0.2, 0) is 15.4 Å². The summed E-state index contributed by atoms with van der Waals surface area (Å²) in [6.07, 6.45) is 0.786. The van der Waals surface area contributed by atoms with E-state index in [4.69, 9.17) is 4.74 Å². The third-order valence-corrected chi connectivity index (χ3v) is 7.25. The van der Waals surface area contributed by atoms with E-state index in [0.29, 0.717) is 11.4 Å². The molecule has 2 aromatic rings. The van der Waals surface area contributed by atoms with Gasteiger partial charge in [-0.25, -0.2) is 13.1 Å². The molecule has 0 bridgehead atoms. The molecule has 170 valence electrons. The Kier molecular flexibility index (Phi) is 7.62. The Balaban J connectivity index is 1.43. The Morgan fingerprint density at radius 1 is 0.968 bits per heavy atom. The van der Waals surface area contributed by atoms with Crippen LogP contribution in [0.4, 0.5) is 5.69 Å². The zero-order chi connectivity index (χ0) is 22.5. The minimum absolute atomic E-state index is 0.00534. The van der Waals surface area contributed by atoms with E-state index < -0.39 is 10.0 Å². The quantitative estimate of drug-likeness (QED) is 0.631. The average molecular weight is 446 g/mol. The van der Waals surface area contributed by atoms with Crippen LogP contribution >= 0.6 is 0 Å². The number of para-hydroxylation sites is 2. The van der Waals surface area contributed by atoms with Crippen molar-refractivity contribution >= 4 is 15.7 Å². The number of nitrogens with zero attached hydrogens (tertiary/aromatic N) is 2. The van der Waals surface area contributed by atoms with Crippen LogP contribution in [0.5, 0.6) is 5.75 Å². The van der Waals surface area contributed by atoms with Crippen LogP contribution in [-0.4, -0.2) is 59.7 Å². The molecule has 0 saturated carbocycles. The van der Waals surface area contributed by atoms with Crippen LogP contribution in [0.2, 0.25) is 0 Å². The number of sulfonamides is 1. The first-order valence-electron chi connectivity index (χ1n) is 10.9. The predicted molar refractivity (Wildman–Crippen MR) is 127 cm³/mol. The van der Waals surface area contributed by atoms with E-state index in [0.717, 1.165) is 56.1 Å². The van der Waals surface area contributed by atoms with Gasteiger partial charge in [-0.15, -0.1) is 0 Å². The average Bonchev–Trinajstić information content (AvgIpc) is 2.76. The molecule has 1 aliphatic rings. The third kappa shape index (κ3) is 6.21. The van der Waals surface area contributed by atoms with Crippen LogP contribution in [0.25, 0.3) is 0 Å². The predicted octanol–water partition coefficient (Wildman–Crippen LogP) is 3.48. The molecule has 0 spiro atoms. The van der Waals surface area contributed by atoms with E-state index in [1.807, 2.05) is 30.3 Å². The fourth-order valence-electron chi connectivity index (χ4n) is 3.83. The van der Waals surface area contributed by atoms with Gasteiger partial charge in [0.25, 0.3) is 0 Å². The highest BCUT2D eigenvalue weighted by Gasteiger charge is 2.20. The van der Waals surface area contributed by atoms with Crippen LogP contribution in [0.1, 0.15) is 32.8 Å². The molecule has 1 heterocycles. The summed E-state index contributed by atoms with van der Waals surface area (Å²) < 4.78 is 33.3.